The molecule has 1 saturated heterocycles. The van der Waals surface area contributed by atoms with Gasteiger partial charge in [-0.1, -0.05) is 0 Å². The molecule has 1 N–H and O–H groups in total. The van der Waals surface area contributed by atoms with Gasteiger partial charge >= 0.3 is 0 Å². The van der Waals surface area contributed by atoms with Gasteiger partial charge in [-0.05, 0) is 30.4 Å². The number of aryl methyl sites for hydroxylation is 1. The molecule has 1 unspecified atom stereocenters. The molecule has 0 amide bonds. The van der Waals surface area contributed by atoms with Gasteiger partial charge in [-0.3, -0.25) is 4.79 Å². The van der Waals surface area contributed by atoms with Crippen molar-refractivity contribution in [3.63, 3.8) is 0 Å². The summed E-state index contributed by atoms with van der Waals surface area (Å²) in [5.41, 5.74) is 1.31. The van der Waals surface area contributed by atoms with E-state index >= 15 is 0 Å². The van der Waals surface area contributed by atoms with Gasteiger partial charge in [0.25, 0.3) is 0 Å². The van der Waals surface area contributed by atoms with Gasteiger partial charge in [-0.15, -0.1) is 11.3 Å². The number of piperidine rings is 1. The second-order valence-electron chi connectivity index (χ2n) is 3.89. The average Bonchev–Trinajstić information content (AvgIpc) is 2.56. The van der Waals surface area contributed by atoms with Crippen LogP contribution in [-0.4, -0.2) is 18.9 Å². The minimum absolute atomic E-state index is 0.206. The maximum atomic E-state index is 11.6. The Hall–Kier alpha value is -0.670. The van der Waals surface area contributed by atoms with Crippen LogP contribution >= 0.6 is 11.3 Å². The number of thiophene rings is 1. The molecule has 1 aromatic rings. The van der Waals surface area contributed by atoms with Gasteiger partial charge in [0.1, 0.15) is 5.78 Å². The Morgan fingerprint density at radius 1 is 1.64 bits per heavy atom. The first kappa shape index (κ1) is 9.87. The summed E-state index contributed by atoms with van der Waals surface area (Å²) < 4.78 is 0. The van der Waals surface area contributed by atoms with E-state index in [9.17, 15) is 4.79 Å². The van der Waals surface area contributed by atoms with E-state index in [2.05, 4.69) is 23.7 Å². The van der Waals surface area contributed by atoms with Crippen LogP contribution in [-0.2, 0) is 11.2 Å². The highest BCUT2D eigenvalue weighted by Gasteiger charge is 2.22. The minimum Gasteiger partial charge on any atom is -0.316 e. The molecular weight excluding hydrogens is 194 g/mol. The van der Waals surface area contributed by atoms with E-state index in [4.69, 9.17) is 0 Å². The number of nitrogens with one attached hydrogen (secondary N) is 1. The maximum Gasteiger partial charge on any atom is 0.138 e. The molecule has 2 rings (SSSR count). The van der Waals surface area contributed by atoms with Crippen molar-refractivity contribution in [3.05, 3.63) is 21.9 Å². The highest BCUT2D eigenvalue weighted by atomic mass is 32.1. The van der Waals surface area contributed by atoms with Crippen LogP contribution in [0.3, 0.4) is 0 Å². The van der Waals surface area contributed by atoms with Gasteiger partial charge in [-0.2, -0.15) is 0 Å². The van der Waals surface area contributed by atoms with E-state index < -0.39 is 0 Å². The SMILES string of the molecule is Cc1cc(CC2CNCCC2=O)cs1. The monoisotopic (exact) mass is 209 g/mol. The van der Waals surface area contributed by atoms with Crippen molar-refractivity contribution in [1.82, 2.24) is 5.32 Å². The van der Waals surface area contributed by atoms with E-state index in [0.717, 1.165) is 19.5 Å². The molecule has 76 valence electrons. The highest BCUT2D eigenvalue weighted by Crippen LogP contribution is 2.18. The molecule has 3 heteroatoms. The van der Waals surface area contributed by atoms with Gasteiger partial charge in [0, 0.05) is 30.3 Å². The number of carbonyl (C=O) groups excluding carboxylic acids is 1. The van der Waals surface area contributed by atoms with E-state index in [1.165, 1.54) is 10.4 Å². The van der Waals surface area contributed by atoms with Gasteiger partial charge < -0.3 is 5.32 Å². The van der Waals surface area contributed by atoms with Crippen molar-refractivity contribution < 1.29 is 4.79 Å². The minimum atomic E-state index is 0.206. The fourth-order valence-electron chi connectivity index (χ4n) is 1.88. The fourth-order valence-corrected chi connectivity index (χ4v) is 2.60. The Morgan fingerprint density at radius 3 is 3.14 bits per heavy atom. The summed E-state index contributed by atoms with van der Waals surface area (Å²) in [6.07, 6.45) is 1.62. The van der Waals surface area contributed by atoms with Crippen molar-refractivity contribution >= 4 is 17.1 Å². The van der Waals surface area contributed by atoms with Crippen LogP contribution in [0.1, 0.15) is 16.9 Å². The van der Waals surface area contributed by atoms with Gasteiger partial charge in [0.05, 0.1) is 0 Å². The molecule has 0 aliphatic carbocycles. The van der Waals surface area contributed by atoms with E-state index in [1.807, 2.05) is 0 Å². The lowest BCUT2D eigenvalue weighted by atomic mass is 9.92. The number of ketones is 1. The first-order valence-corrected chi connectivity index (χ1v) is 5.91. The number of hydrogen-bond donors (Lipinski definition) is 1. The van der Waals surface area contributed by atoms with Gasteiger partial charge in [0.2, 0.25) is 0 Å². The molecule has 0 saturated carbocycles. The lowest BCUT2D eigenvalue weighted by Crippen LogP contribution is -2.37. The van der Waals surface area contributed by atoms with Crippen LogP contribution in [0, 0.1) is 12.8 Å². The first-order chi connectivity index (χ1) is 6.75. The molecule has 1 aromatic heterocycles. The molecule has 2 heterocycles. The average molecular weight is 209 g/mol. The van der Waals surface area contributed by atoms with E-state index in [1.54, 1.807) is 11.3 Å². The second-order valence-corrected chi connectivity index (χ2v) is 5.00. The van der Waals surface area contributed by atoms with Crippen molar-refractivity contribution in [1.29, 1.82) is 0 Å². The van der Waals surface area contributed by atoms with Crippen LogP contribution in [0.5, 0.6) is 0 Å². The standard InChI is InChI=1S/C11H15NOS/c1-8-4-9(7-14-8)5-10-6-12-3-2-11(10)13/h4,7,10,12H,2-3,5-6H2,1H3. The highest BCUT2D eigenvalue weighted by molar-refractivity contribution is 7.10. The third kappa shape index (κ3) is 2.22. The summed E-state index contributed by atoms with van der Waals surface area (Å²) in [5.74, 6) is 0.630. The summed E-state index contributed by atoms with van der Waals surface area (Å²) in [5, 5.41) is 5.44. The van der Waals surface area contributed by atoms with Crippen LogP contribution in [0.4, 0.5) is 0 Å². The molecule has 0 aromatic carbocycles. The first-order valence-electron chi connectivity index (χ1n) is 5.03. The third-order valence-corrected chi connectivity index (χ3v) is 3.57. The molecule has 0 spiro atoms. The quantitative estimate of drug-likeness (QED) is 0.804. The Balaban J connectivity index is 1.99. The lowest BCUT2D eigenvalue weighted by Gasteiger charge is -2.20. The van der Waals surface area contributed by atoms with Crippen LogP contribution < -0.4 is 5.32 Å². The summed E-state index contributed by atoms with van der Waals surface area (Å²) in [6, 6.07) is 2.19. The Morgan fingerprint density at radius 2 is 2.50 bits per heavy atom. The van der Waals surface area contributed by atoms with Crippen LogP contribution in [0.2, 0.25) is 0 Å². The van der Waals surface area contributed by atoms with E-state index in [0.29, 0.717) is 12.2 Å². The fraction of sp³-hybridized carbons (Fsp3) is 0.545. The van der Waals surface area contributed by atoms with Gasteiger partial charge in [-0.25, -0.2) is 0 Å². The van der Waals surface area contributed by atoms with Crippen LogP contribution in [0.25, 0.3) is 0 Å². The Bertz CT molecular complexity index is 332. The zero-order valence-corrected chi connectivity index (χ0v) is 9.19. The predicted molar refractivity (Wildman–Crippen MR) is 58.7 cm³/mol. The largest absolute Gasteiger partial charge is 0.316 e. The molecule has 0 bridgehead atoms. The normalized spacial score (nSPS) is 22.6. The second kappa shape index (κ2) is 4.24. The Kier molecular flexibility index (Phi) is 2.99. The number of rotatable bonds is 2. The van der Waals surface area contributed by atoms with Crippen molar-refractivity contribution in [2.24, 2.45) is 5.92 Å². The third-order valence-electron chi connectivity index (χ3n) is 2.66. The van der Waals surface area contributed by atoms with E-state index in [-0.39, 0.29) is 5.92 Å². The predicted octanol–water partition coefficient (Wildman–Crippen LogP) is 1.78. The number of Topliss-reactive ketones (excluding diaryl/α,β-unsaturated/α-hetero) is 1. The van der Waals surface area contributed by atoms with Crippen molar-refractivity contribution in [3.8, 4) is 0 Å². The lowest BCUT2D eigenvalue weighted by molar-refractivity contribution is -0.123. The zero-order valence-electron chi connectivity index (χ0n) is 8.38. The number of carbonyl (C=O) groups is 1. The molecule has 14 heavy (non-hydrogen) atoms. The Labute approximate surface area is 88.3 Å². The summed E-state index contributed by atoms with van der Waals surface area (Å²) >= 11 is 1.76. The maximum absolute atomic E-state index is 11.6. The smallest absolute Gasteiger partial charge is 0.138 e. The zero-order chi connectivity index (χ0) is 9.97. The molecule has 2 nitrogen and oxygen atoms in total. The van der Waals surface area contributed by atoms with Crippen molar-refractivity contribution in [2.75, 3.05) is 13.1 Å². The molecule has 0 radical (unpaired) electrons. The molecule has 1 aliphatic heterocycles. The molecular formula is C11H15NOS. The summed E-state index contributed by atoms with van der Waals surface area (Å²) in [7, 11) is 0. The number of hydrogen-bond acceptors (Lipinski definition) is 3. The summed E-state index contributed by atoms with van der Waals surface area (Å²) in [4.78, 5) is 12.9. The topological polar surface area (TPSA) is 29.1 Å². The van der Waals surface area contributed by atoms with Crippen LogP contribution in [0.15, 0.2) is 11.4 Å². The summed E-state index contributed by atoms with van der Waals surface area (Å²) in [6.45, 7) is 3.82. The van der Waals surface area contributed by atoms with Crippen molar-refractivity contribution in [2.45, 2.75) is 19.8 Å². The molecule has 1 aliphatic rings. The molecule has 1 fully saturated rings. The van der Waals surface area contributed by atoms with Gasteiger partial charge in [0.15, 0.2) is 0 Å². The molecule has 1 atom stereocenters.